The summed E-state index contributed by atoms with van der Waals surface area (Å²) in [5.74, 6) is 0.815. The van der Waals surface area contributed by atoms with Crippen molar-refractivity contribution in [3.05, 3.63) is 60.1 Å². The van der Waals surface area contributed by atoms with Crippen molar-refractivity contribution in [3.8, 4) is 0 Å². The van der Waals surface area contributed by atoms with Crippen molar-refractivity contribution in [2.45, 2.75) is 52.1 Å². The van der Waals surface area contributed by atoms with E-state index in [1.54, 1.807) is 0 Å². The molecular weight excluding hydrogens is 270 g/mol. The molecule has 0 saturated heterocycles. The van der Waals surface area contributed by atoms with Crippen LogP contribution in [0.15, 0.2) is 48.9 Å². The van der Waals surface area contributed by atoms with Gasteiger partial charge in [-0.3, -0.25) is 0 Å². The molecule has 0 atom stereocenters. The lowest BCUT2D eigenvalue weighted by atomic mass is 9.88. The highest BCUT2D eigenvalue weighted by Crippen LogP contribution is 2.26. The highest BCUT2D eigenvalue weighted by Gasteiger charge is 2.23. The van der Waals surface area contributed by atoms with Crippen molar-refractivity contribution < 1.29 is 0 Å². The average molecular weight is 301 g/mol. The van der Waals surface area contributed by atoms with Crippen LogP contribution in [-0.4, -0.2) is 7.05 Å². The Kier molecular flexibility index (Phi) is 5.70. The molecule has 0 aliphatic rings. The van der Waals surface area contributed by atoms with Crippen LogP contribution in [0.1, 0.15) is 52.2 Å². The summed E-state index contributed by atoms with van der Waals surface area (Å²) < 4.78 is 0. The number of benzene rings is 1. The first kappa shape index (κ1) is 18.1. The van der Waals surface area contributed by atoms with Gasteiger partial charge in [0.15, 0.2) is 0 Å². The Labute approximate surface area is 135 Å². The summed E-state index contributed by atoms with van der Waals surface area (Å²) in [5.41, 5.74) is 3.22. The highest BCUT2D eigenvalue weighted by atomic mass is 15.1. The van der Waals surface area contributed by atoms with Gasteiger partial charge in [0.1, 0.15) is 0 Å². The molecule has 3 N–H and O–H groups in total. The van der Waals surface area contributed by atoms with Gasteiger partial charge in [-0.15, -0.1) is 0 Å². The van der Waals surface area contributed by atoms with E-state index in [0.717, 1.165) is 17.9 Å². The quantitative estimate of drug-likeness (QED) is 0.680. The zero-order chi connectivity index (χ0) is 17.0. The minimum Gasteiger partial charge on any atom is -0.380 e. The third kappa shape index (κ3) is 4.55. The third-order valence-electron chi connectivity index (χ3n) is 4.01. The second-order valence-electron chi connectivity index (χ2n) is 6.76. The number of allylic oxidation sites excluding steroid dienone is 1. The van der Waals surface area contributed by atoms with E-state index in [9.17, 15) is 0 Å². The normalized spacial score (nSPS) is 11.7. The predicted octanol–water partition coefficient (Wildman–Crippen LogP) is 3.95. The SMILES string of the molecule is C=C(CC)NC(C)(C)c1ccc(C(C)(C)NC(=C)NC)cc1. The number of hydrogen-bond acceptors (Lipinski definition) is 3. The van der Waals surface area contributed by atoms with Gasteiger partial charge in [0.05, 0.1) is 16.9 Å². The van der Waals surface area contributed by atoms with E-state index in [0.29, 0.717) is 0 Å². The molecule has 3 heteroatoms. The maximum atomic E-state index is 4.04. The van der Waals surface area contributed by atoms with Gasteiger partial charge in [0, 0.05) is 12.7 Å². The molecule has 0 amide bonds. The molecule has 0 aliphatic heterocycles. The van der Waals surface area contributed by atoms with Crippen LogP contribution in [0.25, 0.3) is 0 Å². The molecule has 1 aromatic rings. The lowest BCUT2D eigenvalue weighted by Crippen LogP contribution is -2.39. The fourth-order valence-corrected chi connectivity index (χ4v) is 2.42. The van der Waals surface area contributed by atoms with Crippen molar-refractivity contribution in [3.63, 3.8) is 0 Å². The van der Waals surface area contributed by atoms with Crippen molar-refractivity contribution in [1.82, 2.24) is 16.0 Å². The summed E-state index contributed by atoms with van der Waals surface area (Å²) in [4.78, 5) is 0. The minimum atomic E-state index is -0.177. The molecule has 0 aromatic heterocycles. The van der Waals surface area contributed by atoms with Crippen LogP contribution in [0.3, 0.4) is 0 Å². The van der Waals surface area contributed by atoms with E-state index >= 15 is 0 Å². The molecule has 0 spiro atoms. The average Bonchev–Trinajstić information content (AvgIpc) is 2.46. The maximum absolute atomic E-state index is 4.04. The van der Waals surface area contributed by atoms with Crippen LogP contribution in [-0.2, 0) is 11.1 Å². The van der Waals surface area contributed by atoms with Crippen LogP contribution in [0, 0.1) is 0 Å². The van der Waals surface area contributed by atoms with Crippen molar-refractivity contribution in [2.24, 2.45) is 0 Å². The standard InChI is InChI=1S/C19H31N3/c1-9-14(2)21-18(4,5)16-10-12-17(13-11-16)19(6,7)22-15(3)20-8/h10-13,20-22H,2-3,9H2,1,4-8H3. The monoisotopic (exact) mass is 301 g/mol. The molecule has 122 valence electrons. The van der Waals surface area contributed by atoms with Crippen molar-refractivity contribution in [2.75, 3.05) is 7.05 Å². The molecule has 0 saturated carbocycles. The van der Waals surface area contributed by atoms with Gasteiger partial charge in [-0.05, 0) is 45.2 Å². The van der Waals surface area contributed by atoms with Gasteiger partial charge in [-0.25, -0.2) is 0 Å². The second kappa shape index (κ2) is 6.91. The van der Waals surface area contributed by atoms with Gasteiger partial charge < -0.3 is 16.0 Å². The third-order valence-corrected chi connectivity index (χ3v) is 4.01. The fourth-order valence-electron chi connectivity index (χ4n) is 2.42. The number of hydrogen-bond donors (Lipinski definition) is 3. The van der Waals surface area contributed by atoms with Crippen LogP contribution < -0.4 is 16.0 Å². The van der Waals surface area contributed by atoms with E-state index in [4.69, 9.17) is 0 Å². The summed E-state index contributed by atoms with van der Waals surface area (Å²) in [5, 5.41) is 9.90. The topological polar surface area (TPSA) is 36.1 Å². The zero-order valence-corrected chi connectivity index (χ0v) is 14.9. The second-order valence-corrected chi connectivity index (χ2v) is 6.76. The Morgan fingerprint density at radius 3 is 1.68 bits per heavy atom. The smallest absolute Gasteiger partial charge is 0.0916 e. The Morgan fingerprint density at radius 1 is 0.909 bits per heavy atom. The van der Waals surface area contributed by atoms with Crippen LogP contribution in [0.2, 0.25) is 0 Å². The van der Waals surface area contributed by atoms with E-state index in [1.165, 1.54) is 11.1 Å². The summed E-state index contributed by atoms with van der Waals surface area (Å²) >= 11 is 0. The molecule has 0 aliphatic carbocycles. The summed E-state index contributed by atoms with van der Waals surface area (Å²) in [6.07, 6.45) is 0.935. The summed E-state index contributed by atoms with van der Waals surface area (Å²) in [7, 11) is 1.86. The minimum absolute atomic E-state index is 0.127. The van der Waals surface area contributed by atoms with E-state index < -0.39 is 0 Å². The van der Waals surface area contributed by atoms with Crippen molar-refractivity contribution >= 4 is 0 Å². The molecule has 0 heterocycles. The molecule has 0 unspecified atom stereocenters. The van der Waals surface area contributed by atoms with E-state index in [2.05, 4.69) is 88.0 Å². The molecular formula is C19H31N3. The largest absolute Gasteiger partial charge is 0.380 e. The van der Waals surface area contributed by atoms with E-state index in [-0.39, 0.29) is 11.1 Å². The lowest BCUT2D eigenvalue weighted by molar-refractivity contribution is 0.430. The Morgan fingerprint density at radius 2 is 1.32 bits per heavy atom. The first-order valence-electron chi connectivity index (χ1n) is 7.84. The van der Waals surface area contributed by atoms with Gasteiger partial charge in [0.2, 0.25) is 0 Å². The first-order chi connectivity index (χ1) is 10.1. The van der Waals surface area contributed by atoms with Gasteiger partial charge in [-0.2, -0.15) is 0 Å². The predicted molar refractivity (Wildman–Crippen MR) is 96.4 cm³/mol. The Bertz CT molecular complexity index is 475. The lowest BCUT2D eigenvalue weighted by Gasteiger charge is -2.32. The first-order valence-corrected chi connectivity index (χ1v) is 7.84. The Balaban J connectivity index is 2.94. The summed E-state index contributed by atoms with van der Waals surface area (Å²) in [6, 6.07) is 8.69. The van der Waals surface area contributed by atoms with Crippen LogP contribution in [0.5, 0.6) is 0 Å². The molecule has 0 bridgehead atoms. The molecule has 0 fully saturated rings. The fraction of sp³-hybridized carbons (Fsp3) is 0.474. The highest BCUT2D eigenvalue weighted by molar-refractivity contribution is 5.32. The van der Waals surface area contributed by atoms with E-state index in [1.807, 2.05) is 7.05 Å². The summed E-state index contributed by atoms with van der Waals surface area (Å²) in [6.45, 7) is 18.7. The number of rotatable bonds is 8. The molecule has 0 radical (unpaired) electrons. The Hall–Kier alpha value is -1.90. The van der Waals surface area contributed by atoms with Gasteiger partial charge >= 0.3 is 0 Å². The van der Waals surface area contributed by atoms with Crippen LogP contribution >= 0.6 is 0 Å². The number of nitrogens with one attached hydrogen (secondary N) is 3. The zero-order valence-electron chi connectivity index (χ0n) is 14.9. The van der Waals surface area contributed by atoms with Gasteiger partial charge in [0.25, 0.3) is 0 Å². The molecule has 1 aromatic carbocycles. The van der Waals surface area contributed by atoms with Crippen LogP contribution in [0.4, 0.5) is 0 Å². The van der Waals surface area contributed by atoms with Gasteiger partial charge in [-0.1, -0.05) is 44.3 Å². The molecule has 3 nitrogen and oxygen atoms in total. The molecule has 1 rings (SSSR count). The van der Waals surface area contributed by atoms with Crippen molar-refractivity contribution in [1.29, 1.82) is 0 Å². The molecule has 22 heavy (non-hydrogen) atoms. The maximum Gasteiger partial charge on any atom is 0.0916 e.